The average molecular weight is 534 g/mol. The molecular formula is C33H43NO5. The summed E-state index contributed by atoms with van der Waals surface area (Å²) >= 11 is 0. The molecule has 6 nitrogen and oxygen atoms in total. The summed E-state index contributed by atoms with van der Waals surface area (Å²) in [6.07, 6.45) is 21.4. The molecule has 0 spiro atoms. The van der Waals surface area contributed by atoms with Crippen LogP contribution in [0.3, 0.4) is 0 Å². The van der Waals surface area contributed by atoms with Crippen LogP contribution in [-0.2, 0) is 20.7 Å². The molecule has 1 aromatic rings. The highest BCUT2D eigenvalue weighted by Gasteiger charge is 2.39. The maximum Gasteiger partial charge on any atom is 0.311 e. The van der Waals surface area contributed by atoms with E-state index in [0.717, 1.165) is 18.4 Å². The number of carbonyl (C=O) groups is 2. The molecule has 1 aliphatic rings. The number of allylic oxidation sites excluding steroid dienone is 2. The van der Waals surface area contributed by atoms with Crippen molar-refractivity contribution >= 4 is 11.9 Å². The van der Waals surface area contributed by atoms with Gasteiger partial charge in [0, 0.05) is 38.1 Å². The summed E-state index contributed by atoms with van der Waals surface area (Å²) in [4.78, 5) is 24.4. The van der Waals surface area contributed by atoms with Gasteiger partial charge in [0.05, 0.1) is 18.1 Å². The van der Waals surface area contributed by atoms with Crippen molar-refractivity contribution in [3.05, 3.63) is 60.2 Å². The Bertz CT molecular complexity index is 1000. The lowest BCUT2D eigenvalue weighted by atomic mass is 9.89. The molecule has 1 unspecified atom stereocenters. The molecule has 1 saturated carbocycles. The van der Waals surface area contributed by atoms with E-state index < -0.39 is 30.2 Å². The van der Waals surface area contributed by atoms with Crippen molar-refractivity contribution in [1.29, 1.82) is 0 Å². The Balaban J connectivity index is 2.06. The number of terminal acetylenes is 2. The van der Waals surface area contributed by atoms with Crippen molar-refractivity contribution in [3.63, 3.8) is 0 Å². The van der Waals surface area contributed by atoms with Crippen molar-refractivity contribution in [1.82, 2.24) is 5.32 Å². The third-order valence-electron chi connectivity index (χ3n) is 7.08. The Kier molecular flexibility index (Phi) is 14.8. The Labute approximate surface area is 233 Å². The molecule has 3 N–H and O–H groups in total. The first-order valence-electron chi connectivity index (χ1n) is 14.0. The van der Waals surface area contributed by atoms with Gasteiger partial charge in [-0.3, -0.25) is 9.59 Å². The molecule has 0 heterocycles. The third kappa shape index (κ3) is 11.5. The van der Waals surface area contributed by atoms with Gasteiger partial charge < -0.3 is 20.3 Å². The highest BCUT2D eigenvalue weighted by atomic mass is 16.5. The van der Waals surface area contributed by atoms with E-state index in [2.05, 4.69) is 17.2 Å². The van der Waals surface area contributed by atoms with E-state index in [1.54, 1.807) is 0 Å². The molecule has 6 heteroatoms. The Morgan fingerprint density at radius 2 is 1.85 bits per heavy atom. The second kappa shape index (κ2) is 18.1. The average Bonchev–Trinajstić information content (AvgIpc) is 3.19. The van der Waals surface area contributed by atoms with Gasteiger partial charge in [-0.1, -0.05) is 48.6 Å². The number of rotatable bonds is 16. The summed E-state index contributed by atoms with van der Waals surface area (Å²) in [6, 6.07) is 9.94. The molecular weight excluding hydrogens is 490 g/mol. The number of aliphatic hydroxyl groups is 2. The smallest absolute Gasteiger partial charge is 0.311 e. The van der Waals surface area contributed by atoms with Gasteiger partial charge >= 0.3 is 5.97 Å². The molecule has 1 aliphatic carbocycles. The van der Waals surface area contributed by atoms with Crippen molar-refractivity contribution in [2.75, 3.05) is 6.54 Å². The topological polar surface area (TPSA) is 95.9 Å². The molecule has 210 valence electrons. The van der Waals surface area contributed by atoms with Crippen LogP contribution in [0.25, 0.3) is 0 Å². The minimum Gasteiger partial charge on any atom is -0.458 e. The first-order chi connectivity index (χ1) is 18.9. The highest BCUT2D eigenvalue weighted by Crippen LogP contribution is 2.36. The quantitative estimate of drug-likeness (QED) is 0.127. The molecule has 0 saturated heterocycles. The molecule has 1 fully saturated rings. The molecule has 0 radical (unpaired) electrons. The van der Waals surface area contributed by atoms with E-state index in [0.29, 0.717) is 38.6 Å². The molecule has 1 amide bonds. The van der Waals surface area contributed by atoms with Crippen LogP contribution in [-0.4, -0.2) is 46.9 Å². The van der Waals surface area contributed by atoms with Gasteiger partial charge in [-0.05, 0) is 56.6 Å². The lowest BCUT2D eigenvalue weighted by Crippen LogP contribution is -2.25. The molecule has 2 rings (SSSR count). The summed E-state index contributed by atoms with van der Waals surface area (Å²) in [5.74, 6) is 3.64. The van der Waals surface area contributed by atoms with Gasteiger partial charge in [-0.2, -0.15) is 0 Å². The standard InChI is InChI=1S/C33H43NO5/c1-4-14-26(15-5-2)33(38)39-27(21-20-25-16-10-9-11-17-25)22-23-29-28(30(35)24-31(29)36)18-12-7-8-13-19-32(37)34-6-3/h1-2,7,9-12,16-17,22-23,26-31,35-36H,6,8,13-15,18-21,24H2,3H3,(H,34,37)/b12-7-,23-22+/t27?,28-,29-,30+,31-/m1/s1. The van der Waals surface area contributed by atoms with Crippen molar-refractivity contribution < 1.29 is 24.5 Å². The van der Waals surface area contributed by atoms with Gasteiger partial charge in [0.2, 0.25) is 5.91 Å². The lowest BCUT2D eigenvalue weighted by molar-refractivity contribution is -0.151. The minimum atomic E-state index is -0.687. The molecule has 0 aliphatic heterocycles. The molecule has 0 aromatic heterocycles. The number of aliphatic hydroxyl groups excluding tert-OH is 2. The number of amides is 1. The lowest BCUT2D eigenvalue weighted by Gasteiger charge is -2.22. The number of carbonyl (C=O) groups excluding carboxylic acids is 2. The zero-order chi connectivity index (χ0) is 28.5. The van der Waals surface area contributed by atoms with E-state index in [1.165, 1.54) is 0 Å². The number of unbranched alkanes of at least 4 members (excludes halogenated alkanes) is 1. The van der Waals surface area contributed by atoms with Gasteiger partial charge in [0.1, 0.15) is 6.10 Å². The normalized spacial score (nSPS) is 21.6. The van der Waals surface area contributed by atoms with E-state index in [4.69, 9.17) is 17.6 Å². The predicted molar refractivity (Wildman–Crippen MR) is 154 cm³/mol. The van der Waals surface area contributed by atoms with Crippen LogP contribution in [0.5, 0.6) is 0 Å². The predicted octanol–water partition coefficient (Wildman–Crippen LogP) is 4.36. The zero-order valence-electron chi connectivity index (χ0n) is 23.0. The summed E-state index contributed by atoms with van der Waals surface area (Å²) in [5.41, 5.74) is 1.13. The maximum atomic E-state index is 12.9. The summed E-state index contributed by atoms with van der Waals surface area (Å²) in [7, 11) is 0. The summed E-state index contributed by atoms with van der Waals surface area (Å²) < 4.78 is 5.85. The van der Waals surface area contributed by atoms with Gasteiger partial charge in [-0.15, -0.1) is 24.7 Å². The first-order valence-corrected chi connectivity index (χ1v) is 14.0. The van der Waals surface area contributed by atoms with Crippen LogP contribution in [0.4, 0.5) is 0 Å². The Hall–Kier alpha value is -3.32. The number of esters is 1. The van der Waals surface area contributed by atoms with Crippen LogP contribution in [0.15, 0.2) is 54.6 Å². The fraction of sp³-hybridized carbons (Fsp3) is 0.515. The zero-order valence-corrected chi connectivity index (χ0v) is 23.0. The summed E-state index contributed by atoms with van der Waals surface area (Å²) in [6.45, 7) is 2.53. The van der Waals surface area contributed by atoms with Crippen LogP contribution in [0.2, 0.25) is 0 Å². The third-order valence-corrected chi connectivity index (χ3v) is 7.08. The first kappa shape index (κ1) is 31.9. The minimum absolute atomic E-state index is 0.0536. The molecule has 0 bridgehead atoms. The molecule has 5 atom stereocenters. The number of hydrogen-bond acceptors (Lipinski definition) is 5. The Morgan fingerprint density at radius 1 is 1.13 bits per heavy atom. The highest BCUT2D eigenvalue weighted by molar-refractivity contribution is 5.75. The number of aryl methyl sites for hydroxylation is 1. The van der Waals surface area contributed by atoms with Crippen molar-refractivity contribution in [2.24, 2.45) is 17.8 Å². The van der Waals surface area contributed by atoms with Crippen LogP contribution < -0.4 is 5.32 Å². The largest absolute Gasteiger partial charge is 0.458 e. The van der Waals surface area contributed by atoms with Crippen LogP contribution in [0.1, 0.15) is 63.9 Å². The van der Waals surface area contributed by atoms with Crippen molar-refractivity contribution in [2.45, 2.75) is 83.0 Å². The molecule has 1 aromatic carbocycles. The Morgan fingerprint density at radius 3 is 2.51 bits per heavy atom. The number of nitrogens with one attached hydrogen (secondary N) is 1. The number of hydrogen-bond donors (Lipinski definition) is 3. The van der Waals surface area contributed by atoms with Gasteiger partial charge in [0.15, 0.2) is 0 Å². The fourth-order valence-corrected chi connectivity index (χ4v) is 4.91. The monoisotopic (exact) mass is 533 g/mol. The summed E-state index contributed by atoms with van der Waals surface area (Å²) in [5, 5.41) is 24.1. The molecule has 39 heavy (non-hydrogen) atoms. The maximum absolute atomic E-state index is 12.9. The fourth-order valence-electron chi connectivity index (χ4n) is 4.91. The van der Waals surface area contributed by atoms with Gasteiger partial charge in [-0.25, -0.2) is 0 Å². The van der Waals surface area contributed by atoms with E-state index in [1.807, 2.05) is 61.6 Å². The van der Waals surface area contributed by atoms with E-state index in [9.17, 15) is 19.8 Å². The van der Waals surface area contributed by atoms with Crippen LogP contribution >= 0.6 is 0 Å². The second-order valence-electron chi connectivity index (χ2n) is 10.1. The number of benzene rings is 1. The second-order valence-corrected chi connectivity index (χ2v) is 10.1. The number of ether oxygens (including phenoxy) is 1. The van der Waals surface area contributed by atoms with E-state index >= 15 is 0 Å². The van der Waals surface area contributed by atoms with E-state index in [-0.39, 0.29) is 30.6 Å². The van der Waals surface area contributed by atoms with Crippen LogP contribution in [0, 0.1) is 42.4 Å². The van der Waals surface area contributed by atoms with Crippen molar-refractivity contribution in [3.8, 4) is 24.7 Å². The SMILES string of the molecule is C#CCC(CC#C)C(=O)OC(/C=C/[C@@H]1[C@@H](C/C=C\CCCC(=O)NCC)[C@@H](O)C[C@H]1O)CCc1ccccc1. The van der Waals surface area contributed by atoms with Gasteiger partial charge in [0.25, 0.3) is 0 Å².